The molecule has 0 aromatic heterocycles. The molecule has 0 unspecified atom stereocenters. The molecular formula is C20H28N4O4S. The van der Waals surface area contributed by atoms with Gasteiger partial charge in [-0.25, -0.2) is 8.42 Å². The summed E-state index contributed by atoms with van der Waals surface area (Å²) in [6.45, 7) is 5.22. The molecule has 0 aliphatic carbocycles. The minimum absolute atomic E-state index is 0.0497. The number of hydrogen-bond acceptors (Lipinski definition) is 5. The lowest BCUT2D eigenvalue weighted by Gasteiger charge is -2.35. The van der Waals surface area contributed by atoms with Crippen LogP contribution < -0.4 is 4.31 Å². The van der Waals surface area contributed by atoms with Crippen LogP contribution in [0.5, 0.6) is 0 Å². The first-order valence-corrected chi connectivity index (χ1v) is 11.9. The topological polar surface area (TPSA) is 81.2 Å². The van der Waals surface area contributed by atoms with Gasteiger partial charge in [-0.1, -0.05) is 0 Å². The Balaban J connectivity index is 1.31. The van der Waals surface area contributed by atoms with E-state index < -0.39 is 10.0 Å². The highest BCUT2D eigenvalue weighted by molar-refractivity contribution is 7.93. The third kappa shape index (κ3) is 4.40. The van der Waals surface area contributed by atoms with E-state index in [1.54, 1.807) is 29.2 Å². The lowest BCUT2D eigenvalue weighted by molar-refractivity contribution is -0.131. The number of amides is 2. The highest BCUT2D eigenvalue weighted by Crippen LogP contribution is 2.24. The zero-order valence-electron chi connectivity index (χ0n) is 16.6. The maximum absolute atomic E-state index is 12.8. The Bertz CT molecular complexity index is 857. The minimum Gasteiger partial charge on any atom is -0.342 e. The van der Waals surface area contributed by atoms with Crippen molar-refractivity contribution in [2.24, 2.45) is 0 Å². The predicted octanol–water partition coefficient (Wildman–Crippen LogP) is 0.607. The number of carbonyl (C=O) groups is 2. The van der Waals surface area contributed by atoms with Gasteiger partial charge in [0.15, 0.2) is 0 Å². The second kappa shape index (κ2) is 8.31. The molecule has 0 radical (unpaired) electrons. The zero-order chi connectivity index (χ0) is 20.4. The van der Waals surface area contributed by atoms with Gasteiger partial charge < -0.3 is 9.80 Å². The number of carbonyl (C=O) groups excluding carboxylic acids is 2. The third-order valence-electron chi connectivity index (χ3n) is 5.98. The first kappa shape index (κ1) is 20.2. The molecule has 0 N–H and O–H groups in total. The molecule has 8 nitrogen and oxygen atoms in total. The van der Waals surface area contributed by atoms with Crippen LogP contribution >= 0.6 is 0 Å². The fraction of sp³-hybridized carbons (Fsp3) is 0.600. The Hall–Kier alpha value is -2.13. The molecule has 3 saturated heterocycles. The summed E-state index contributed by atoms with van der Waals surface area (Å²) >= 11 is 0. The summed E-state index contributed by atoms with van der Waals surface area (Å²) in [7, 11) is -3.21. The third-order valence-corrected chi connectivity index (χ3v) is 7.85. The monoisotopic (exact) mass is 420 g/mol. The normalized spacial score (nSPS) is 22.3. The second-order valence-electron chi connectivity index (χ2n) is 7.94. The van der Waals surface area contributed by atoms with Crippen molar-refractivity contribution in [2.45, 2.75) is 19.3 Å². The largest absolute Gasteiger partial charge is 0.342 e. The molecule has 0 bridgehead atoms. The average molecular weight is 421 g/mol. The van der Waals surface area contributed by atoms with Gasteiger partial charge >= 0.3 is 0 Å². The number of anilines is 1. The van der Waals surface area contributed by atoms with Gasteiger partial charge in [0, 0.05) is 51.4 Å². The summed E-state index contributed by atoms with van der Waals surface area (Å²) in [5.74, 6) is 0.319. The summed E-state index contributed by atoms with van der Waals surface area (Å²) in [6.07, 6.45) is 2.82. The number of piperazine rings is 1. The highest BCUT2D eigenvalue weighted by atomic mass is 32.2. The van der Waals surface area contributed by atoms with E-state index in [1.165, 1.54) is 4.31 Å². The molecule has 3 aliphatic heterocycles. The molecule has 0 atom stereocenters. The molecule has 4 rings (SSSR count). The molecule has 1 aromatic carbocycles. The van der Waals surface area contributed by atoms with Gasteiger partial charge in [0.2, 0.25) is 15.9 Å². The molecule has 3 heterocycles. The van der Waals surface area contributed by atoms with Crippen molar-refractivity contribution in [3.63, 3.8) is 0 Å². The Morgan fingerprint density at radius 3 is 2.03 bits per heavy atom. The molecule has 158 valence electrons. The molecule has 0 spiro atoms. The van der Waals surface area contributed by atoms with E-state index in [0.717, 1.165) is 25.9 Å². The van der Waals surface area contributed by atoms with Crippen LogP contribution in [0.15, 0.2) is 24.3 Å². The first-order valence-electron chi connectivity index (χ1n) is 10.3. The molecule has 29 heavy (non-hydrogen) atoms. The first-order chi connectivity index (χ1) is 13.9. The van der Waals surface area contributed by atoms with E-state index in [1.807, 2.05) is 4.90 Å². The van der Waals surface area contributed by atoms with Crippen molar-refractivity contribution < 1.29 is 18.0 Å². The van der Waals surface area contributed by atoms with Gasteiger partial charge in [-0.3, -0.25) is 18.8 Å². The fourth-order valence-corrected chi connectivity index (χ4v) is 5.81. The molecule has 1 aromatic rings. The van der Waals surface area contributed by atoms with Gasteiger partial charge in [-0.15, -0.1) is 0 Å². The number of benzene rings is 1. The Morgan fingerprint density at radius 1 is 0.793 bits per heavy atom. The smallest absolute Gasteiger partial charge is 0.253 e. The van der Waals surface area contributed by atoms with Crippen molar-refractivity contribution in [2.75, 3.05) is 62.4 Å². The number of nitrogens with zero attached hydrogens (tertiary/aromatic N) is 4. The predicted molar refractivity (Wildman–Crippen MR) is 110 cm³/mol. The highest BCUT2D eigenvalue weighted by Gasteiger charge is 2.29. The van der Waals surface area contributed by atoms with Crippen LogP contribution in [0.1, 0.15) is 29.6 Å². The van der Waals surface area contributed by atoms with E-state index in [-0.39, 0.29) is 17.6 Å². The van der Waals surface area contributed by atoms with E-state index in [0.29, 0.717) is 56.9 Å². The van der Waals surface area contributed by atoms with E-state index in [9.17, 15) is 18.0 Å². The van der Waals surface area contributed by atoms with Crippen LogP contribution in [-0.2, 0) is 14.8 Å². The van der Waals surface area contributed by atoms with Crippen LogP contribution in [0.25, 0.3) is 0 Å². The molecular weight excluding hydrogens is 392 g/mol. The summed E-state index contributed by atoms with van der Waals surface area (Å²) in [5, 5.41) is 0. The number of sulfonamides is 1. The molecule has 2 amide bonds. The molecule has 9 heteroatoms. The summed E-state index contributed by atoms with van der Waals surface area (Å²) in [5.41, 5.74) is 1.18. The van der Waals surface area contributed by atoms with Crippen molar-refractivity contribution in [3.05, 3.63) is 29.8 Å². The molecule has 3 aliphatic rings. The van der Waals surface area contributed by atoms with E-state index in [2.05, 4.69) is 4.90 Å². The molecule has 0 saturated carbocycles. The summed E-state index contributed by atoms with van der Waals surface area (Å²) < 4.78 is 25.5. The summed E-state index contributed by atoms with van der Waals surface area (Å²) in [6, 6.07) is 6.83. The van der Waals surface area contributed by atoms with Crippen molar-refractivity contribution >= 4 is 27.5 Å². The lowest BCUT2D eigenvalue weighted by atomic mass is 10.1. The van der Waals surface area contributed by atoms with E-state index >= 15 is 0 Å². The standard InChI is InChI=1S/C20H28N4O4S/c25-19(22-8-1-2-9-22)16-21-11-13-23(14-12-21)20(26)17-4-6-18(7-5-17)24-10-3-15-29(24,27)28/h4-7H,1-3,8-16H2. The zero-order valence-corrected chi connectivity index (χ0v) is 17.4. The quantitative estimate of drug-likeness (QED) is 0.713. The number of hydrogen-bond donors (Lipinski definition) is 0. The number of likely N-dealkylation sites (tertiary alicyclic amines) is 1. The van der Waals surface area contributed by atoms with Crippen LogP contribution in [0.3, 0.4) is 0 Å². The average Bonchev–Trinajstić information content (AvgIpc) is 3.38. The Kier molecular flexibility index (Phi) is 5.78. The Labute approximate surface area is 172 Å². The number of rotatable bonds is 4. The minimum atomic E-state index is -3.21. The van der Waals surface area contributed by atoms with Crippen LogP contribution in [0.4, 0.5) is 5.69 Å². The maximum atomic E-state index is 12.8. The maximum Gasteiger partial charge on any atom is 0.253 e. The fourth-order valence-electron chi connectivity index (χ4n) is 4.25. The van der Waals surface area contributed by atoms with Crippen LogP contribution in [0.2, 0.25) is 0 Å². The van der Waals surface area contributed by atoms with Crippen molar-refractivity contribution in [1.29, 1.82) is 0 Å². The Morgan fingerprint density at radius 2 is 1.45 bits per heavy atom. The van der Waals surface area contributed by atoms with Gasteiger partial charge in [-0.05, 0) is 43.5 Å². The van der Waals surface area contributed by atoms with Gasteiger partial charge in [0.1, 0.15) is 0 Å². The van der Waals surface area contributed by atoms with Gasteiger partial charge in [-0.2, -0.15) is 0 Å². The SMILES string of the molecule is O=C(CN1CCN(C(=O)c2ccc(N3CCCS3(=O)=O)cc2)CC1)N1CCCC1. The van der Waals surface area contributed by atoms with Crippen LogP contribution in [0, 0.1) is 0 Å². The lowest BCUT2D eigenvalue weighted by Crippen LogP contribution is -2.51. The van der Waals surface area contributed by atoms with Gasteiger partial charge in [0.25, 0.3) is 5.91 Å². The van der Waals surface area contributed by atoms with E-state index in [4.69, 9.17) is 0 Å². The van der Waals surface area contributed by atoms with Crippen molar-refractivity contribution in [3.8, 4) is 0 Å². The van der Waals surface area contributed by atoms with Gasteiger partial charge in [0.05, 0.1) is 18.0 Å². The van der Waals surface area contributed by atoms with Crippen LogP contribution in [-0.4, -0.2) is 93.0 Å². The second-order valence-corrected chi connectivity index (χ2v) is 9.96. The molecule has 3 fully saturated rings. The van der Waals surface area contributed by atoms with Crippen molar-refractivity contribution in [1.82, 2.24) is 14.7 Å². The summed E-state index contributed by atoms with van der Waals surface area (Å²) in [4.78, 5) is 30.9.